The molecule has 1 aliphatic heterocycles. The van der Waals surface area contributed by atoms with Crippen LogP contribution in [0.1, 0.15) is 17.5 Å². The van der Waals surface area contributed by atoms with E-state index in [1.807, 2.05) is 0 Å². The van der Waals surface area contributed by atoms with Gasteiger partial charge in [0.2, 0.25) is 0 Å². The lowest BCUT2D eigenvalue weighted by Crippen LogP contribution is -2.40. The zero-order valence-corrected chi connectivity index (χ0v) is 10.3. The quantitative estimate of drug-likeness (QED) is 0.882. The number of ether oxygens (including phenoxy) is 1. The van der Waals surface area contributed by atoms with E-state index in [4.69, 9.17) is 4.74 Å². The van der Waals surface area contributed by atoms with Crippen LogP contribution in [0.15, 0.2) is 24.3 Å². The fourth-order valence-electron chi connectivity index (χ4n) is 2.12. The Morgan fingerprint density at radius 3 is 2.68 bits per heavy atom. The van der Waals surface area contributed by atoms with Gasteiger partial charge in [0.25, 0.3) is 0 Å². The Kier molecular flexibility index (Phi) is 4.13. The van der Waals surface area contributed by atoms with Gasteiger partial charge in [0.15, 0.2) is 0 Å². The van der Waals surface area contributed by atoms with Crippen molar-refractivity contribution < 1.29 is 23.0 Å². The van der Waals surface area contributed by atoms with Gasteiger partial charge < -0.3 is 15.2 Å². The summed E-state index contributed by atoms with van der Waals surface area (Å²) in [7, 11) is 0. The van der Waals surface area contributed by atoms with Crippen molar-refractivity contribution in [2.75, 3.05) is 19.8 Å². The van der Waals surface area contributed by atoms with E-state index in [0.717, 1.165) is 6.07 Å². The molecule has 1 aliphatic rings. The van der Waals surface area contributed by atoms with Gasteiger partial charge in [0, 0.05) is 26.1 Å². The highest BCUT2D eigenvalue weighted by molar-refractivity contribution is 5.29. The van der Waals surface area contributed by atoms with E-state index >= 15 is 0 Å². The molecule has 0 saturated carbocycles. The van der Waals surface area contributed by atoms with Crippen molar-refractivity contribution >= 4 is 0 Å². The molecule has 0 aromatic heterocycles. The van der Waals surface area contributed by atoms with Crippen molar-refractivity contribution in [3.8, 4) is 0 Å². The largest absolute Gasteiger partial charge is 0.416 e. The van der Waals surface area contributed by atoms with Crippen LogP contribution in [-0.4, -0.2) is 30.5 Å². The van der Waals surface area contributed by atoms with Crippen molar-refractivity contribution in [3.05, 3.63) is 35.4 Å². The molecule has 3 nitrogen and oxygen atoms in total. The van der Waals surface area contributed by atoms with E-state index in [0.29, 0.717) is 13.0 Å². The molecule has 0 spiro atoms. The first-order chi connectivity index (χ1) is 8.91. The van der Waals surface area contributed by atoms with E-state index in [-0.39, 0.29) is 25.3 Å². The molecule has 19 heavy (non-hydrogen) atoms. The highest BCUT2D eigenvalue weighted by Gasteiger charge is 2.34. The van der Waals surface area contributed by atoms with E-state index < -0.39 is 17.3 Å². The molecule has 1 atom stereocenters. The van der Waals surface area contributed by atoms with E-state index in [1.54, 1.807) is 6.07 Å². The second kappa shape index (κ2) is 5.48. The topological polar surface area (TPSA) is 41.5 Å². The van der Waals surface area contributed by atoms with Crippen molar-refractivity contribution in [1.29, 1.82) is 0 Å². The number of rotatable bonds is 4. The molecule has 1 saturated heterocycles. The number of halogens is 3. The van der Waals surface area contributed by atoms with Gasteiger partial charge in [-0.25, -0.2) is 0 Å². The van der Waals surface area contributed by atoms with Crippen LogP contribution in [0, 0.1) is 0 Å². The van der Waals surface area contributed by atoms with Gasteiger partial charge in [-0.05, 0) is 11.6 Å². The molecule has 1 fully saturated rings. The lowest BCUT2D eigenvalue weighted by atomic mass is 10.0. The molecular weight excluding hydrogens is 259 g/mol. The Morgan fingerprint density at radius 1 is 1.32 bits per heavy atom. The third-order valence-electron chi connectivity index (χ3n) is 3.17. The van der Waals surface area contributed by atoms with Crippen molar-refractivity contribution in [2.45, 2.75) is 24.7 Å². The van der Waals surface area contributed by atoms with Crippen LogP contribution in [0.5, 0.6) is 0 Å². The Labute approximate surface area is 109 Å². The molecule has 2 N–H and O–H groups in total. The first-order valence-corrected chi connectivity index (χ1v) is 6.07. The van der Waals surface area contributed by atoms with Crippen molar-refractivity contribution in [3.63, 3.8) is 0 Å². The van der Waals surface area contributed by atoms with Crippen LogP contribution in [0.2, 0.25) is 0 Å². The highest BCUT2D eigenvalue weighted by atomic mass is 19.4. The summed E-state index contributed by atoms with van der Waals surface area (Å²) >= 11 is 0. The fraction of sp³-hybridized carbons (Fsp3) is 0.538. The summed E-state index contributed by atoms with van der Waals surface area (Å²) < 4.78 is 43.3. The van der Waals surface area contributed by atoms with Crippen LogP contribution < -0.4 is 5.32 Å². The summed E-state index contributed by atoms with van der Waals surface area (Å²) in [5, 5.41) is 12.9. The Balaban J connectivity index is 1.96. The number of nitrogens with one attached hydrogen (secondary N) is 1. The summed E-state index contributed by atoms with van der Waals surface area (Å²) in [6.07, 6.45) is -3.85. The van der Waals surface area contributed by atoms with Crippen molar-refractivity contribution in [1.82, 2.24) is 5.32 Å². The van der Waals surface area contributed by atoms with Crippen LogP contribution in [0.25, 0.3) is 0 Å². The molecule has 1 unspecified atom stereocenters. The lowest BCUT2D eigenvalue weighted by Gasteiger charge is -2.21. The van der Waals surface area contributed by atoms with Gasteiger partial charge in [-0.1, -0.05) is 18.2 Å². The lowest BCUT2D eigenvalue weighted by molar-refractivity contribution is -0.138. The maximum Gasteiger partial charge on any atom is 0.416 e. The number of hydrogen-bond donors (Lipinski definition) is 2. The maximum absolute atomic E-state index is 12.8. The molecule has 0 bridgehead atoms. The molecule has 0 radical (unpaired) electrons. The molecule has 1 aromatic carbocycles. The Hall–Kier alpha value is -1.11. The monoisotopic (exact) mass is 275 g/mol. The van der Waals surface area contributed by atoms with Gasteiger partial charge in [-0.2, -0.15) is 13.2 Å². The summed E-state index contributed by atoms with van der Waals surface area (Å²) in [5.74, 6) is 0. The molecule has 0 amide bonds. The molecule has 1 aromatic rings. The van der Waals surface area contributed by atoms with Crippen LogP contribution in [-0.2, 0) is 17.5 Å². The van der Waals surface area contributed by atoms with E-state index in [1.165, 1.54) is 12.1 Å². The first-order valence-electron chi connectivity index (χ1n) is 6.07. The smallest absolute Gasteiger partial charge is 0.386 e. The van der Waals surface area contributed by atoms with Gasteiger partial charge >= 0.3 is 6.18 Å². The average Bonchev–Trinajstić information content (AvgIpc) is 2.76. The number of hydrogen-bond acceptors (Lipinski definition) is 3. The highest BCUT2D eigenvalue weighted by Crippen LogP contribution is 2.31. The van der Waals surface area contributed by atoms with Crippen LogP contribution >= 0.6 is 0 Å². The molecule has 6 heteroatoms. The molecule has 106 valence electrons. The van der Waals surface area contributed by atoms with Gasteiger partial charge in [0.1, 0.15) is 5.60 Å². The summed E-state index contributed by atoms with van der Waals surface area (Å²) in [5.41, 5.74) is -1.43. The Bertz CT molecular complexity index is 428. The number of benzene rings is 1. The maximum atomic E-state index is 12.8. The van der Waals surface area contributed by atoms with Crippen molar-refractivity contribution in [2.24, 2.45) is 0 Å². The second-order valence-corrected chi connectivity index (χ2v) is 4.79. The van der Waals surface area contributed by atoms with Gasteiger partial charge in [-0.3, -0.25) is 0 Å². The molecular formula is C13H16F3NO2. The minimum atomic E-state index is -4.36. The zero-order valence-electron chi connectivity index (χ0n) is 10.3. The normalized spacial score (nSPS) is 23.8. The predicted molar refractivity (Wildman–Crippen MR) is 63.5 cm³/mol. The standard InChI is InChI=1S/C13H16F3NO2/c14-13(15,16)11-4-2-1-3-10(11)7-17-8-12(18)5-6-19-9-12/h1-4,17-18H,5-9H2. The SMILES string of the molecule is OC1(CNCc2ccccc2C(F)(F)F)CCOC1. The fourth-order valence-corrected chi connectivity index (χ4v) is 2.12. The van der Waals surface area contributed by atoms with Gasteiger partial charge in [0.05, 0.1) is 12.2 Å². The van der Waals surface area contributed by atoms with Crippen LogP contribution in [0.4, 0.5) is 13.2 Å². The minimum absolute atomic E-state index is 0.0675. The summed E-state index contributed by atoms with van der Waals surface area (Å²) in [6, 6.07) is 5.43. The molecule has 2 rings (SSSR count). The third kappa shape index (κ3) is 3.68. The zero-order chi connectivity index (χ0) is 13.9. The summed E-state index contributed by atoms with van der Waals surface area (Å²) in [6.45, 7) is 0.995. The van der Waals surface area contributed by atoms with Gasteiger partial charge in [-0.15, -0.1) is 0 Å². The minimum Gasteiger partial charge on any atom is -0.386 e. The number of alkyl halides is 3. The van der Waals surface area contributed by atoms with Crippen LogP contribution in [0.3, 0.4) is 0 Å². The second-order valence-electron chi connectivity index (χ2n) is 4.79. The number of aliphatic hydroxyl groups is 1. The molecule has 0 aliphatic carbocycles. The third-order valence-corrected chi connectivity index (χ3v) is 3.17. The summed E-state index contributed by atoms with van der Waals surface area (Å²) in [4.78, 5) is 0. The van der Waals surface area contributed by atoms with E-state index in [2.05, 4.69) is 5.32 Å². The first kappa shape index (κ1) is 14.3. The van der Waals surface area contributed by atoms with E-state index in [9.17, 15) is 18.3 Å². The molecule has 1 heterocycles. The predicted octanol–water partition coefficient (Wildman–Crippen LogP) is 1.95. The average molecular weight is 275 g/mol. The Morgan fingerprint density at radius 2 is 2.05 bits per heavy atom.